The maximum atomic E-state index is 8.86. The molecule has 0 aliphatic heterocycles. The van der Waals surface area contributed by atoms with Crippen LogP contribution in [0.25, 0.3) is 0 Å². The molecular weight excluding hydrogens is 294 g/mol. The summed E-state index contributed by atoms with van der Waals surface area (Å²) in [6.45, 7) is 7.04. The molecule has 1 N–H and O–H groups in total. The fourth-order valence-electron chi connectivity index (χ4n) is 1.71. The Morgan fingerprint density at radius 3 is 2.44 bits per heavy atom. The van der Waals surface area contributed by atoms with E-state index in [1.165, 1.54) is 0 Å². The number of benzene rings is 1. The van der Waals surface area contributed by atoms with Crippen LogP contribution in [0.3, 0.4) is 0 Å². The van der Waals surface area contributed by atoms with Gasteiger partial charge < -0.3 is 9.84 Å². The van der Waals surface area contributed by atoms with Crippen LogP contribution in [0.2, 0.25) is 0 Å². The Bertz CT molecular complexity index is 327. The van der Waals surface area contributed by atoms with Crippen LogP contribution >= 0.6 is 15.9 Å². The van der Waals surface area contributed by atoms with Gasteiger partial charge in [-0.05, 0) is 44.5 Å². The van der Waals surface area contributed by atoms with E-state index in [-0.39, 0.29) is 6.61 Å². The second-order valence-corrected chi connectivity index (χ2v) is 5.42. The van der Waals surface area contributed by atoms with E-state index in [4.69, 9.17) is 9.84 Å². The molecule has 4 heteroatoms. The lowest BCUT2D eigenvalue weighted by atomic mass is 10.3. The molecule has 18 heavy (non-hydrogen) atoms. The third-order valence-electron chi connectivity index (χ3n) is 2.79. The first-order chi connectivity index (χ1) is 8.63. The largest absolute Gasteiger partial charge is 0.492 e. The van der Waals surface area contributed by atoms with Gasteiger partial charge in [0.1, 0.15) is 12.4 Å². The molecule has 0 saturated heterocycles. The quantitative estimate of drug-likeness (QED) is 0.800. The molecular formula is C14H22BrNO2. The molecule has 0 amide bonds. The summed E-state index contributed by atoms with van der Waals surface area (Å²) >= 11 is 3.40. The molecule has 0 heterocycles. The van der Waals surface area contributed by atoms with Gasteiger partial charge in [0.2, 0.25) is 0 Å². The summed E-state index contributed by atoms with van der Waals surface area (Å²) in [6.07, 6.45) is 0.816. The van der Waals surface area contributed by atoms with Crippen LogP contribution < -0.4 is 4.74 Å². The Balaban J connectivity index is 2.31. The minimum Gasteiger partial charge on any atom is -0.492 e. The third kappa shape index (κ3) is 5.85. The summed E-state index contributed by atoms with van der Waals surface area (Å²) in [5, 5.41) is 8.86. The first kappa shape index (κ1) is 15.5. The Labute approximate surface area is 118 Å². The predicted molar refractivity (Wildman–Crippen MR) is 78.0 cm³/mol. The first-order valence-electron chi connectivity index (χ1n) is 6.36. The van der Waals surface area contributed by atoms with Crippen molar-refractivity contribution in [2.24, 2.45) is 0 Å². The van der Waals surface area contributed by atoms with Gasteiger partial charge in [0.15, 0.2) is 0 Å². The smallest absolute Gasteiger partial charge is 0.119 e. The fourth-order valence-corrected chi connectivity index (χ4v) is 1.98. The van der Waals surface area contributed by atoms with Crippen LogP contribution in [-0.2, 0) is 0 Å². The Morgan fingerprint density at radius 1 is 1.22 bits per heavy atom. The molecule has 1 aromatic rings. The van der Waals surface area contributed by atoms with Gasteiger partial charge >= 0.3 is 0 Å². The van der Waals surface area contributed by atoms with Gasteiger partial charge in [0.25, 0.3) is 0 Å². The van der Waals surface area contributed by atoms with Gasteiger partial charge in [-0.25, -0.2) is 0 Å². The van der Waals surface area contributed by atoms with Crippen molar-refractivity contribution in [3.63, 3.8) is 0 Å². The van der Waals surface area contributed by atoms with E-state index in [0.717, 1.165) is 29.7 Å². The average molecular weight is 316 g/mol. The maximum absolute atomic E-state index is 8.86. The van der Waals surface area contributed by atoms with E-state index in [2.05, 4.69) is 34.7 Å². The number of ether oxygens (including phenoxy) is 1. The zero-order valence-corrected chi connectivity index (χ0v) is 12.7. The maximum Gasteiger partial charge on any atom is 0.119 e. The summed E-state index contributed by atoms with van der Waals surface area (Å²) in [4.78, 5) is 2.31. The zero-order valence-electron chi connectivity index (χ0n) is 11.1. The summed E-state index contributed by atoms with van der Waals surface area (Å²) < 4.78 is 6.75. The molecule has 1 aromatic carbocycles. The number of aliphatic hydroxyl groups is 1. The first-order valence-corrected chi connectivity index (χ1v) is 7.16. The highest BCUT2D eigenvalue weighted by Gasteiger charge is 2.08. The van der Waals surface area contributed by atoms with Crippen LogP contribution in [0.5, 0.6) is 5.75 Å². The lowest BCUT2D eigenvalue weighted by molar-refractivity contribution is 0.160. The molecule has 0 atom stereocenters. The molecule has 0 aromatic heterocycles. The van der Waals surface area contributed by atoms with E-state index in [9.17, 15) is 0 Å². The Hall–Kier alpha value is -0.580. The Morgan fingerprint density at radius 2 is 1.89 bits per heavy atom. The van der Waals surface area contributed by atoms with Crippen LogP contribution in [0.15, 0.2) is 28.7 Å². The molecule has 1 rings (SSSR count). The molecule has 0 bridgehead atoms. The second kappa shape index (κ2) is 8.51. The summed E-state index contributed by atoms with van der Waals surface area (Å²) in [7, 11) is 0. The number of halogens is 1. The van der Waals surface area contributed by atoms with Crippen LogP contribution in [-0.4, -0.2) is 42.4 Å². The average Bonchev–Trinajstić information content (AvgIpc) is 2.35. The van der Waals surface area contributed by atoms with E-state index in [0.29, 0.717) is 12.6 Å². The van der Waals surface area contributed by atoms with Crippen LogP contribution in [0.4, 0.5) is 0 Å². The van der Waals surface area contributed by atoms with E-state index >= 15 is 0 Å². The van der Waals surface area contributed by atoms with Gasteiger partial charge in [-0.15, -0.1) is 0 Å². The van der Waals surface area contributed by atoms with Gasteiger partial charge in [-0.3, -0.25) is 4.90 Å². The van der Waals surface area contributed by atoms with Crippen molar-refractivity contribution in [1.29, 1.82) is 0 Å². The molecule has 102 valence electrons. The lowest BCUT2D eigenvalue weighted by Gasteiger charge is -2.26. The fraction of sp³-hybridized carbons (Fsp3) is 0.571. The number of nitrogens with zero attached hydrogens (tertiary/aromatic N) is 1. The van der Waals surface area contributed by atoms with Gasteiger partial charge in [0.05, 0.1) is 0 Å². The van der Waals surface area contributed by atoms with Crippen molar-refractivity contribution in [3.05, 3.63) is 28.7 Å². The van der Waals surface area contributed by atoms with Crippen molar-refractivity contribution in [3.8, 4) is 5.75 Å². The monoisotopic (exact) mass is 315 g/mol. The van der Waals surface area contributed by atoms with Crippen molar-refractivity contribution in [2.45, 2.75) is 26.3 Å². The SMILES string of the molecule is CC(C)N(CCCO)CCOc1ccc(Br)cc1. The highest BCUT2D eigenvalue weighted by Crippen LogP contribution is 2.16. The number of aliphatic hydroxyl groups excluding tert-OH is 1. The number of hydrogen-bond donors (Lipinski definition) is 1. The number of rotatable bonds is 8. The molecule has 0 aliphatic rings. The van der Waals surface area contributed by atoms with Gasteiger partial charge in [0, 0.05) is 30.2 Å². The Kier molecular flexibility index (Phi) is 7.32. The molecule has 0 fully saturated rings. The van der Waals surface area contributed by atoms with E-state index < -0.39 is 0 Å². The van der Waals surface area contributed by atoms with Crippen molar-refractivity contribution in [2.75, 3.05) is 26.3 Å². The van der Waals surface area contributed by atoms with Gasteiger partial charge in [-0.2, -0.15) is 0 Å². The third-order valence-corrected chi connectivity index (χ3v) is 3.32. The van der Waals surface area contributed by atoms with Gasteiger partial charge in [-0.1, -0.05) is 15.9 Å². The topological polar surface area (TPSA) is 32.7 Å². The van der Waals surface area contributed by atoms with Crippen molar-refractivity contribution >= 4 is 15.9 Å². The molecule has 3 nitrogen and oxygen atoms in total. The summed E-state index contributed by atoms with van der Waals surface area (Å²) in [6, 6.07) is 8.34. The normalized spacial score (nSPS) is 11.2. The highest BCUT2D eigenvalue weighted by atomic mass is 79.9. The highest BCUT2D eigenvalue weighted by molar-refractivity contribution is 9.10. The van der Waals surface area contributed by atoms with Crippen molar-refractivity contribution < 1.29 is 9.84 Å². The molecule has 0 saturated carbocycles. The standard InChI is InChI=1S/C14H22BrNO2/c1-12(2)16(8-3-10-17)9-11-18-14-6-4-13(15)5-7-14/h4-7,12,17H,3,8-11H2,1-2H3. The van der Waals surface area contributed by atoms with E-state index in [1.54, 1.807) is 0 Å². The summed E-state index contributed by atoms with van der Waals surface area (Å²) in [5.41, 5.74) is 0. The second-order valence-electron chi connectivity index (χ2n) is 4.51. The van der Waals surface area contributed by atoms with Crippen LogP contribution in [0.1, 0.15) is 20.3 Å². The van der Waals surface area contributed by atoms with Crippen molar-refractivity contribution in [1.82, 2.24) is 4.90 Å². The predicted octanol–water partition coefficient (Wildman–Crippen LogP) is 2.92. The molecule has 0 unspecified atom stereocenters. The van der Waals surface area contributed by atoms with Crippen LogP contribution in [0, 0.1) is 0 Å². The molecule has 0 spiro atoms. The molecule has 0 radical (unpaired) electrons. The summed E-state index contributed by atoms with van der Waals surface area (Å²) in [5.74, 6) is 0.893. The number of hydrogen-bond acceptors (Lipinski definition) is 3. The lowest BCUT2D eigenvalue weighted by Crippen LogP contribution is -2.35. The minimum atomic E-state index is 0.247. The van der Waals surface area contributed by atoms with E-state index in [1.807, 2.05) is 24.3 Å². The molecule has 0 aliphatic carbocycles. The zero-order chi connectivity index (χ0) is 13.4. The minimum absolute atomic E-state index is 0.247.